The Bertz CT molecular complexity index is 619. The Labute approximate surface area is 129 Å². The van der Waals surface area contributed by atoms with Gasteiger partial charge in [0.05, 0.1) is 0 Å². The highest BCUT2D eigenvalue weighted by Crippen LogP contribution is 2.40. The van der Waals surface area contributed by atoms with E-state index in [4.69, 9.17) is 4.74 Å². The number of fused-ring (bicyclic) bond motifs is 1. The van der Waals surface area contributed by atoms with Gasteiger partial charge in [-0.3, -0.25) is 4.79 Å². The summed E-state index contributed by atoms with van der Waals surface area (Å²) in [5.74, 6) is -0.581. The molecule has 0 bridgehead atoms. The lowest BCUT2D eigenvalue weighted by Gasteiger charge is -2.27. The summed E-state index contributed by atoms with van der Waals surface area (Å²) < 4.78 is 5.73. The number of nitrogens with one attached hydrogen (secondary N) is 1. The zero-order valence-electron chi connectivity index (χ0n) is 13.1. The van der Waals surface area contributed by atoms with Gasteiger partial charge in [0.1, 0.15) is 11.3 Å². The van der Waals surface area contributed by atoms with Crippen LogP contribution in [0.1, 0.15) is 36.5 Å². The molecule has 1 aliphatic carbocycles. The van der Waals surface area contributed by atoms with Crippen LogP contribution in [0.3, 0.4) is 0 Å². The van der Waals surface area contributed by atoms with Crippen molar-refractivity contribution >= 4 is 11.9 Å². The summed E-state index contributed by atoms with van der Waals surface area (Å²) >= 11 is 0. The van der Waals surface area contributed by atoms with Crippen LogP contribution in [0.4, 0.5) is 0 Å². The number of carboxylic acids is 1. The van der Waals surface area contributed by atoms with Gasteiger partial charge in [-0.05, 0) is 62.3 Å². The number of aryl methyl sites for hydroxylation is 2. The number of hydrogen-bond acceptors (Lipinski definition) is 3. The fraction of sp³-hybridized carbons (Fsp3) is 0.529. The maximum Gasteiger partial charge on any atom is 0.329 e. The molecule has 0 spiro atoms. The van der Waals surface area contributed by atoms with E-state index in [-0.39, 0.29) is 11.8 Å². The third-order valence-electron chi connectivity index (χ3n) is 4.86. The van der Waals surface area contributed by atoms with Gasteiger partial charge in [0.2, 0.25) is 0 Å². The first-order valence-electron chi connectivity index (χ1n) is 7.63. The van der Waals surface area contributed by atoms with Crippen LogP contribution in [0.25, 0.3) is 0 Å². The molecule has 1 amide bonds. The summed E-state index contributed by atoms with van der Waals surface area (Å²) in [7, 11) is 0. The predicted molar refractivity (Wildman–Crippen MR) is 80.9 cm³/mol. The molecule has 5 nitrogen and oxygen atoms in total. The number of carbonyl (C=O) groups excluding carboxylic acids is 1. The van der Waals surface area contributed by atoms with Crippen LogP contribution in [-0.2, 0) is 16.0 Å². The van der Waals surface area contributed by atoms with Crippen LogP contribution in [0, 0.1) is 19.8 Å². The zero-order chi connectivity index (χ0) is 16.1. The average Bonchev–Trinajstić information content (AvgIpc) is 3.22. The molecule has 0 saturated heterocycles. The number of carbonyl (C=O) groups is 2. The Morgan fingerprint density at radius 3 is 2.50 bits per heavy atom. The number of ether oxygens (including phenoxy) is 1. The summed E-state index contributed by atoms with van der Waals surface area (Å²) in [6, 6.07) is 3.98. The van der Waals surface area contributed by atoms with Crippen molar-refractivity contribution in [3.63, 3.8) is 0 Å². The SMILES string of the molecule is Cc1cc2c(cc1C)O[C@H](C(=O)N[C@](C)(C(=O)O)C1CC1)C2. The molecule has 1 saturated carbocycles. The lowest BCUT2D eigenvalue weighted by Crippen LogP contribution is -2.57. The number of carboxylic acid groups (broad SMARTS) is 1. The molecule has 1 aliphatic heterocycles. The fourth-order valence-corrected chi connectivity index (χ4v) is 2.99. The molecular weight excluding hydrogens is 282 g/mol. The maximum absolute atomic E-state index is 12.4. The van der Waals surface area contributed by atoms with Gasteiger partial charge in [-0.1, -0.05) is 6.07 Å². The smallest absolute Gasteiger partial charge is 0.329 e. The van der Waals surface area contributed by atoms with Crippen molar-refractivity contribution in [3.05, 3.63) is 28.8 Å². The molecule has 3 rings (SSSR count). The summed E-state index contributed by atoms with van der Waals surface area (Å²) in [6.45, 7) is 5.61. The van der Waals surface area contributed by atoms with Crippen LogP contribution in [0.2, 0.25) is 0 Å². The standard InChI is InChI=1S/C17H21NO4/c1-9-6-11-8-14(22-13(11)7-10(9)2)15(19)18-17(3,16(20)21)12-4-5-12/h6-7,12,14H,4-5,8H2,1-3H3,(H,18,19)(H,20,21)/t14-,17-/m0/s1. The van der Waals surface area contributed by atoms with Crippen molar-refractivity contribution in [3.8, 4) is 5.75 Å². The number of rotatable bonds is 4. The van der Waals surface area contributed by atoms with Crippen LogP contribution >= 0.6 is 0 Å². The van der Waals surface area contributed by atoms with E-state index in [1.54, 1.807) is 6.92 Å². The van der Waals surface area contributed by atoms with Crippen molar-refractivity contribution in [1.29, 1.82) is 0 Å². The van der Waals surface area contributed by atoms with E-state index < -0.39 is 17.6 Å². The molecule has 1 aromatic rings. The van der Waals surface area contributed by atoms with Gasteiger partial charge in [0, 0.05) is 6.42 Å². The largest absolute Gasteiger partial charge is 0.480 e. The second-order valence-corrected chi connectivity index (χ2v) is 6.63. The average molecular weight is 303 g/mol. The normalized spacial score (nSPS) is 22.4. The summed E-state index contributed by atoms with van der Waals surface area (Å²) in [5, 5.41) is 12.1. The number of aliphatic carboxylic acids is 1. The Morgan fingerprint density at radius 1 is 1.27 bits per heavy atom. The van der Waals surface area contributed by atoms with Crippen molar-refractivity contribution in [1.82, 2.24) is 5.32 Å². The van der Waals surface area contributed by atoms with Gasteiger partial charge in [0.25, 0.3) is 5.91 Å². The number of hydrogen-bond donors (Lipinski definition) is 2. The highest BCUT2D eigenvalue weighted by Gasteiger charge is 2.49. The summed E-state index contributed by atoms with van der Waals surface area (Å²) in [5.41, 5.74) is 2.10. The van der Waals surface area contributed by atoms with Crippen LogP contribution in [0.5, 0.6) is 5.75 Å². The van der Waals surface area contributed by atoms with Crippen molar-refractivity contribution in [2.24, 2.45) is 5.92 Å². The molecule has 22 heavy (non-hydrogen) atoms. The molecule has 1 heterocycles. The van der Waals surface area contributed by atoms with E-state index in [9.17, 15) is 14.7 Å². The van der Waals surface area contributed by atoms with Gasteiger partial charge < -0.3 is 15.2 Å². The minimum absolute atomic E-state index is 0.0159. The van der Waals surface area contributed by atoms with E-state index in [1.807, 2.05) is 26.0 Å². The predicted octanol–water partition coefficient (Wildman–Crippen LogP) is 1.98. The van der Waals surface area contributed by atoms with Gasteiger partial charge in [-0.15, -0.1) is 0 Å². The first-order chi connectivity index (χ1) is 10.3. The van der Waals surface area contributed by atoms with Gasteiger partial charge in [0.15, 0.2) is 6.10 Å². The minimum atomic E-state index is -1.19. The molecule has 0 aromatic heterocycles. The minimum Gasteiger partial charge on any atom is -0.480 e. The Morgan fingerprint density at radius 2 is 1.91 bits per heavy atom. The van der Waals surface area contributed by atoms with E-state index >= 15 is 0 Å². The van der Waals surface area contributed by atoms with Crippen LogP contribution in [-0.4, -0.2) is 28.6 Å². The maximum atomic E-state index is 12.4. The summed E-state index contributed by atoms with van der Waals surface area (Å²) in [6.07, 6.45) is 1.52. The Balaban J connectivity index is 1.73. The van der Waals surface area contributed by atoms with E-state index in [0.29, 0.717) is 6.42 Å². The van der Waals surface area contributed by atoms with Crippen LogP contribution in [0.15, 0.2) is 12.1 Å². The third-order valence-corrected chi connectivity index (χ3v) is 4.86. The third kappa shape index (κ3) is 2.45. The van der Waals surface area contributed by atoms with Crippen molar-refractivity contribution in [2.75, 3.05) is 0 Å². The lowest BCUT2D eigenvalue weighted by atomic mass is 9.95. The Hall–Kier alpha value is -2.04. The van der Waals surface area contributed by atoms with Crippen molar-refractivity contribution in [2.45, 2.75) is 51.7 Å². The zero-order valence-corrected chi connectivity index (χ0v) is 13.1. The van der Waals surface area contributed by atoms with E-state index in [0.717, 1.165) is 35.3 Å². The summed E-state index contributed by atoms with van der Waals surface area (Å²) in [4.78, 5) is 23.9. The topological polar surface area (TPSA) is 75.6 Å². The fourth-order valence-electron chi connectivity index (χ4n) is 2.99. The van der Waals surface area contributed by atoms with Gasteiger partial charge in [-0.2, -0.15) is 0 Å². The van der Waals surface area contributed by atoms with E-state index in [1.165, 1.54) is 0 Å². The molecule has 1 fully saturated rings. The van der Waals surface area contributed by atoms with Gasteiger partial charge >= 0.3 is 5.97 Å². The highest BCUT2D eigenvalue weighted by atomic mass is 16.5. The van der Waals surface area contributed by atoms with Crippen LogP contribution < -0.4 is 10.1 Å². The van der Waals surface area contributed by atoms with Gasteiger partial charge in [-0.25, -0.2) is 4.79 Å². The van der Waals surface area contributed by atoms with E-state index in [2.05, 4.69) is 5.32 Å². The Kier molecular flexibility index (Phi) is 3.38. The first kappa shape index (κ1) is 14.9. The number of benzene rings is 1. The molecule has 2 N–H and O–H groups in total. The quantitative estimate of drug-likeness (QED) is 0.892. The first-order valence-corrected chi connectivity index (χ1v) is 7.63. The molecule has 2 aliphatic rings. The number of amides is 1. The molecule has 5 heteroatoms. The molecule has 0 unspecified atom stereocenters. The van der Waals surface area contributed by atoms with Crippen molar-refractivity contribution < 1.29 is 19.4 Å². The second-order valence-electron chi connectivity index (χ2n) is 6.63. The molecule has 2 atom stereocenters. The molecular formula is C17H21NO4. The second kappa shape index (κ2) is 5.00. The molecule has 1 aromatic carbocycles. The molecule has 118 valence electrons. The monoisotopic (exact) mass is 303 g/mol. The molecule has 0 radical (unpaired) electrons. The lowest BCUT2D eigenvalue weighted by molar-refractivity contribution is -0.149. The highest BCUT2D eigenvalue weighted by molar-refractivity contribution is 5.90.